The minimum Gasteiger partial charge on any atom is -0.366 e. The van der Waals surface area contributed by atoms with Crippen LogP contribution in [0.4, 0.5) is 10.1 Å². The number of carbonyl (C=O) groups is 2. The molecule has 134 valence electrons. The van der Waals surface area contributed by atoms with Crippen LogP contribution in [0.25, 0.3) is 10.2 Å². The predicted molar refractivity (Wildman–Crippen MR) is 104 cm³/mol. The normalized spacial score (nSPS) is 10.8. The van der Waals surface area contributed by atoms with Gasteiger partial charge in [0.05, 0.1) is 16.0 Å². The number of thioether (sulfide) groups is 1. The molecule has 0 spiro atoms. The second-order valence-corrected chi connectivity index (χ2v) is 7.71. The number of hydrogen-bond acceptors (Lipinski definition) is 5. The van der Waals surface area contributed by atoms with Crippen molar-refractivity contribution >= 4 is 50.8 Å². The van der Waals surface area contributed by atoms with Crippen molar-refractivity contribution < 1.29 is 14.0 Å². The molecule has 0 bridgehead atoms. The van der Waals surface area contributed by atoms with Crippen LogP contribution < -0.4 is 11.1 Å². The molecule has 8 heteroatoms. The Morgan fingerprint density at radius 3 is 2.81 bits per heavy atom. The highest BCUT2D eigenvalue weighted by atomic mass is 32.2. The van der Waals surface area contributed by atoms with Gasteiger partial charge in [0, 0.05) is 22.6 Å². The molecule has 0 aliphatic rings. The SMILES string of the molecule is Cc1c(F)cc(C(N)=O)cc1NC(=O)CSCc1nc2ccccc2s1. The van der Waals surface area contributed by atoms with Gasteiger partial charge in [-0.25, -0.2) is 9.37 Å². The zero-order valence-corrected chi connectivity index (χ0v) is 15.5. The van der Waals surface area contributed by atoms with Gasteiger partial charge in [0.25, 0.3) is 0 Å². The highest BCUT2D eigenvalue weighted by molar-refractivity contribution is 7.99. The van der Waals surface area contributed by atoms with Crippen LogP contribution >= 0.6 is 23.1 Å². The molecule has 2 aromatic carbocycles. The van der Waals surface area contributed by atoms with Gasteiger partial charge in [0.1, 0.15) is 10.8 Å². The molecule has 0 saturated heterocycles. The number of nitrogens with one attached hydrogen (secondary N) is 1. The van der Waals surface area contributed by atoms with Crippen LogP contribution in [0.1, 0.15) is 20.9 Å². The van der Waals surface area contributed by atoms with E-state index in [4.69, 9.17) is 5.73 Å². The third-order valence-electron chi connectivity index (χ3n) is 3.70. The van der Waals surface area contributed by atoms with Gasteiger partial charge >= 0.3 is 0 Å². The van der Waals surface area contributed by atoms with Gasteiger partial charge in [0.15, 0.2) is 0 Å². The third-order valence-corrected chi connectivity index (χ3v) is 5.86. The zero-order valence-electron chi connectivity index (χ0n) is 13.9. The van der Waals surface area contributed by atoms with Crippen molar-refractivity contribution in [2.75, 3.05) is 11.1 Å². The van der Waals surface area contributed by atoms with Crippen LogP contribution in [0, 0.1) is 12.7 Å². The fourth-order valence-corrected chi connectivity index (χ4v) is 4.20. The van der Waals surface area contributed by atoms with Crippen LogP contribution in [-0.4, -0.2) is 22.6 Å². The molecule has 1 heterocycles. The molecule has 3 rings (SSSR count). The average Bonchev–Trinajstić information content (AvgIpc) is 3.01. The maximum Gasteiger partial charge on any atom is 0.248 e. The van der Waals surface area contributed by atoms with Gasteiger partial charge in [-0.3, -0.25) is 9.59 Å². The first-order valence-corrected chi connectivity index (χ1v) is 9.73. The maximum absolute atomic E-state index is 13.9. The Kier molecular flexibility index (Phi) is 5.53. The first-order valence-electron chi connectivity index (χ1n) is 7.76. The number of primary amides is 1. The summed E-state index contributed by atoms with van der Waals surface area (Å²) in [6.07, 6.45) is 0. The maximum atomic E-state index is 13.9. The van der Waals surface area contributed by atoms with Crippen molar-refractivity contribution in [3.8, 4) is 0 Å². The molecule has 0 fully saturated rings. The first-order chi connectivity index (χ1) is 12.4. The Balaban J connectivity index is 1.59. The van der Waals surface area contributed by atoms with E-state index in [1.54, 1.807) is 11.3 Å². The summed E-state index contributed by atoms with van der Waals surface area (Å²) in [6.45, 7) is 1.53. The molecule has 0 saturated carbocycles. The Morgan fingerprint density at radius 2 is 2.08 bits per heavy atom. The number of thiazole rings is 1. The van der Waals surface area contributed by atoms with Crippen LogP contribution in [-0.2, 0) is 10.5 Å². The lowest BCUT2D eigenvalue weighted by Gasteiger charge is -2.10. The highest BCUT2D eigenvalue weighted by Gasteiger charge is 2.13. The standard InChI is InChI=1S/C18H16FN3O2S2/c1-10-12(19)6-11(18(20)24)7-14(10)21-16(23)8-25-9-17-22-13-4-2-3-5-15(13)26-17/h2-7H,8-9H2,1H3,(H2,20,24)(H,21,23). The van der Waals surface area contributed by atoms with Crippen molar-refractivity contribution in [1.82, 2.24) is 4.98 Å². The minimum atomic E-state index is -0.746. The molecular formula is C18H16FN3O2S2. The quantitative estimate of drug-likeness (QED) is 0.673. The van der Waals surface area contributed by atoms with E-state index in [-0.39, 0.29) is 28.5 Å². The number of aromatic nitrogens is 1. The predicted octanol–water partition coefficient (Wildman–Crippen LogP) is 3.71. The number of para-hydroxylation sites is 1. The molecule has 0 atom stereocenters. The van der Waals surface area contributed by atoms with Crippen molar-refractivity contribution in [3.63, 3.8) is 0 Å². The number of fused-ring (bicyclic) bond motifs is 1. The van der Waals surface area contributed by atoms with Gasteiger partial charge in [-0.2, -0.15) is 0 Å². The fraction of sp³-hybridized carbons (Fsp3) is 0.167. The Hall–Kier alpha value is -2.45. The molecule has 1 aromatic heterocycles. The summed E-state index contributed by atoms with van der Waals surface area (Å²) in [6, 6.07) is 10.3. The Bertz CT molecular complexity index is 955. The van der Waals surface area contributed by atoms with Crippen LogP contribution in [0.15, 0.2) is 36.4 Å². The molecular weight excluding hydrogens is 373 g/mol. The number of nitrogens with two attached hydrogens (primary N) is 1. The third kappa shape index (κ3) is 4.20. The highest BCUT2D eigenvalue weighted by Crippen LogP contribution is 2.25. The lowest BCUT2D eigenvalue weighted by atomic mass is 10.1. The fourth-order valence-electron chi connectivity index (χ4n) is 2.35. The van der Waals surface area contributed by atoms with Crippen LogP contribution in [0.3, 0.4) is 0 Å². The molecule has 0 unspecified atom stereocenters. The van der Waals surface area contributed by atoms with Crippen LogP contribution in [0.2, 0.25) is 0 Å². The van der Waals surface area contributed by atoms with Gasteiger partial charge in [-0.1, -0.05) is 12.1 Å². The van der Waals surface area contributed by atoms with Crippen molar-refractivity contribution in [1.29, 1.82) is 0 Å². The van der Waals surface area contributed by atoms with Gasteiger partial charge in [0.2, 0.25) is 11.8 Å². The van der Waals surface area contributed by atoms with E-state index in [0.717, 1.165) is 21.3 Å². The van der Waals surface area contributed by atoms with E-state index in [1.807, 2.05) is 24.3 Å². The van der Waals surface area contributed by atoms with E-state index in [9.17, 15) is 14.0 Å². The van der Waals surface area contributed by atoms with E-state index >= 15 is 0 Å². The summed E-state index contributed by atoms with van der Waals surface area (Å²) < 4.78 is 15.0. The van der Waals surface area contributed by atoms with Gasteiger partial charge in [-0.05, 0) is 31.2 Å². The molecule has 2 amide bonds. The molecule has 0 aliphatic heterocycles. The molecule has 3 aromatic rings. The number of rotatable bonds is 6. The number of nitrogens with zero attached hydrogens (tertiary/aromatic N) is 1. The van der Waals surface area contributed by atoms with E-state index in [1.165, 1.54) is 24.8 Å². The van der Waals surface area contributed by atoms with E-state index in [2.05, 4.69) is 10.3 Å². The number of benzene rings is 2. The molecule has 5 nitrogen and oxygen atoms in total. The number of hydrogen-bond donors (Lipinski definition) is 2. The lowest BCUT2D eigenvalue weighted by Crippen LogP contribution is -2.17. The van der Waals surface area contributed by atoms with Crippen molar-refractivity contribution in [2.24, 2.45) is 5.73 Å². The summed E-state index contributed by atoms with van der Waals surface area (Å²) in [5.74, 6) is -0.803. The van der Waals surface area contributed by atoms with E-state index in [0.29, 0.717) is 5.75 Å². The topological polar surface area (TPSA) is 85.1 Å². The average molecular weight is 389 g/mol. The monoisotopic (exact) mass is 389 g/mol. The van der Waals surface area contributed by atoms with Crippen molar-refractivity contribution in [3.05, 3.63) is 58.3 Å². The molecule has 0 aliphatic carbocycles. The first kappa shape index (κ1) is 18.3. The molecule has 3 N–H and O–H groups in total. The summed E-state index contributed by atoms with van der Waals surface area (Å²) in [4.78, 5) is 27.9. The smallest absolute Gasteiger partial charge is 0.248 e. The number of amides is 2. The Labute approximate surface area is 157 Å². The molecule has 0 radical (unpaired) electrons. The number of halogens is 1. The van der Waals surface area contributed by atoms with Gasteiger partial charge < -0.3 is 11.1 Å². The second kappa shape index (κ2) is 7.84. The Morgan fingerprint density at radius 1 is 1.31 bits per heavy atom. The molecule has 26 heavy (non-hydrogen) atoms. The minimum absolute atomic E-state index is 0.0190. The number of carbonyl (C=O) groups excluding carboxylic acids is 2. The van der Waals surface area contributed by atoms with Crippen molar-refractivity contribution in [2.45, 2.75) is 12.7 Å². The second-order valence-electron chi connectivity index (χ2n) is 5.61. The summed E-state index contributed by atoms with van der Waals surface area (Å²) >= 11 is 3.02. The van der Waals surface area contributed by atoms with E-state index < -0.39 is 11.7 Å². The van der Waals surface area contributed by atoms with Gasteiger partial charge in [-0.15, -0.1) is 23.1 Å². The van der Waals surface area contributed by atoms with Crippen LogP contribution in [0.5, 0.6) is 0 Å². The summed E-state index contributed by atoms with van der Waals surface area (Å²) in [5, 5.41) is 3.58. The summed E-state index contributed by atoms with van der Waals surface area (Å²) in [7, 11) is 0. The zero-order chi connectivity index (χ0) is 18.7. The lowest BCUT2D eigenvalue weighted by molar-refractivity contribution is -0.113. The number of anilines is 1. The largest absolute Gasteiger partial charge is 0.366 e. The summed E-state index contributed by atoms with van der Waals surface area (Å²) in [5.41, 5.74) is 6.67.